The lowest BCUT2D eigenvalue weighted by Crippen LogP contribution is -2.23. The van der Waals surface area contributed by atoms with Crippen molar-refractivity contribution in [1.82, 2.24) is 0 Å². The summed E-state index contributed by atoms with van der Waals surface area (Å²) in [4.78, 5) is 23.9. The highest BCUT2D eigenvalue weighted by Crippen LogP contribution is 2.49. The number of carbonyl (C=O) groups is 2. The molecule has 124 valence electrons. The Hall–Kier alpha value is -1.84. The highest BCUT2D eigenvalue weighted by molar-refractivity contribution is 5.93. The van der Waals surface area contributed by atoms with Gasteiger partial charge >= 0.3 is 5.97 Å². The van der Waals surface area contributed by atoms with Crippen molar-refractivity contribution < 1.29 is 14.3 Å². The highest BCUT2D eigenvalue weighted by atomic mass is 16.5. The van der Waals surface area contributed by atoms with Crippen molar-refractivity contribution in [3.63, 3.8) is 0 Å². The van der Waals surface area contributed by atoms with Crippen LogP contribution < -0.4 is 5.32 Å². The van der Waals surface area contributed by atoms with Crippen LogP contribution in [0.25, 0.3) is 0 Å². The summed E-state index contributed by atoms with van der Waals surface area (Å²) in [6, 6.07) is 5.89. The van der Waals surface area contributed by atoms with Gasteiger partial charge in [0.2, 0.25) is 0 Å². The second kappa shape index (κ2) is 6.73. The third-order valence-corrected chi connectivity index (χ3v) is 5.34. The molecule has 1 amide bonds. The normalized spacial score (nSPS) is 25.4. The van der Waals surface area contributed by atoms with E-state index in [0.29, 0.717) is 18.3 Å². The van der Waals surface area contributed by atoms with Crippen LogP contribution in [0.3, 0.4) is 0 Å². The molecule has 4 heteroatoms. The molecule has 1 aromatic rings. The zero-order valence-electron chi connectivity index (χ0n) is 13.9. The van der Waals surface area contributed by atoms with Crippen LogP contribution in [0.15, 0.2) is 18.2 Å². The lowest BCUT2D eigenvalue weighted by atomic mass is 9.86. The Morgan fingerprint density at radius 2 is 2.04 bits per heavy atom. The van der Waals surface area contributed by atoms with Crippen LogP contribution in [0, 0.1) is 31.6 Å². The van der Waals surface area contributed by atoms with Crippen LogP contribution in [0.4, 0.5) is 5.69 Å². The topological polar surface area (TPSA) is 55.4 Å². The first-order valence-corrected chi connectivity index (χ1v) is 8.54. The van der Waals surface area contributed by atoms with Crippen molar-refractivity contribution in [3.05, 3.63) is 29.3 Å². The molecule has 0 spiro atoms. The monoisotopic (exact) mass is 315 g/mol. The maximum atomic E-state index is 12.0. The minimum Gasteiger partial charge on any atom is -0.456 e. The number of fused-ring (bicyclic) bond motifs is 2. The molecule has 0 aromatic heterocycles. The maximum Gasteiger partial charge on any atom is 0.306 e. The predicted molar refractivity (Wildman–Crippen MR) is 89.1 cm³/mol. The summed E-state index contributed by atoms with van der Waals surface area (Å²) in [6.07, 6.45) is 5.50. The number of carbonyl (C=O) groups excluding carboxylic acids is 2. The van der Waals surface area contributed by atoms with Gasteiger partial charge in [-0.05, 0) is 68.1 Å². The van der Waals surface area contributed by atoms with Crippen molar-refractivity contribution in [2.24, 2.45) is 17.8 Å². The first kappa shape index (κ1) is 16.0. The van der Waals surface area contributed by atoms with E-state index >= 15 is 0 Å². The number of hydrogen-bond donors (Lipinski definition) is 1. The number of hydrogen-bond acceptors (Lipinski definition) is 3. The quantitative estimate of drug-likeness (QED) is 0.845. The number of aryl methyl sites for hydroxylation is 2. The van der Waals surface area contributed by atoms with Crippen molar-refractivity contribution >= 4 is 17.6 Å². The van der Waals surface area contributed by atoms with Gasteiger partial charge in [-0.1, -0.05) is 18.6 Å². The standard InChI is InChI=1S/C19H25NO3/c1-12-3-4-13(2)17(7-12)20-18(21)11-23-19(22)10-16-9-14-5-6-15(16)8-14/h3-4,7,14-16H,5-6,8-11H2,1-2H3,(H,20,21)/t14-,15-,16-/m1/s1. The third kappa shape index (κ3) is 3.92. The van der Waals surface area contributed by atoms with E-state index in [0.717, 1.165) is 29.2 Å². The van der Waals surface area contributed by atoms with E-state index in [4.69, 9.17) is 4.74 Å². The zero-order chi connectivity index (χ0) is 16.4. The van der Waals surface area contributed by atoms with Gasteiger partial charge in [0.05, 0.1) is 0 Å². The summed E-state index contributed by atoms with van der Waals surface area (Å²) in [5.74, 6) is 1.49. The molecule has 2 aliphatic rings. The number of rotatable bonds is 5. The van der Waals surface area contributed by atoms with Crippen LogP contribution in [-0.2, 0) is 14.3 Å². The smallest absolute Gasteiger partial charge is 0.306 e. The minimum absolute atomic E-state index is 0.201. The van der Waals surface area contributed by atoms with Crippen LogP contribution in [0.2, 0.25) is 0 Å². The first-order chi connectivity index (χ1) is 11.0. The molecule has 0 unspecified atom stereocenters. The van der Waals surface area contributed by atoms with Crippen LogP contribution in [-0.4, -0.2) is 18.5 Å². The van der Waals surface area contributed by atoms with E-state index in [-0.39, 0.29) is 18.5 Å². The van der Waals surface area contributed by atoms with Crippen LogP contribution in [0.1, 0.15) is 43.2 Å². The predicted octanol–water partition coefficient (Wildman–Crippen LogP) is 3.61. The minimum atomic E-state index is -0.278. The molecular formula is C19H25NO3. The fourth-order valence-corrected chi connectivity index (χ4v) is 4.10. The average Bonchev–Trinajstić information content (AvgIpc) is 3.11. The van der Waals surface area contributed by atoms with Crippen LogP contribution in [0.5, 0.6) is 0 Å². The summed E-state index contributed by atoms with van der Waals surface area (Å²) in [7, 11) is 0. The number of anilines is 1. The van der Waals surface area contributed by atoms with Gasteiger partial charge in [-0.2, -0.15) is 0 Å². The molecule has 1 N–H and O–H groups in total. The first-order valence-electron chi connectivity index (χ1n) is 8.54. The van der Waals surface area contributed by atoms with Crippen molar-refractivity contribution in [3.8, 4) is 0 Å². The van der Waals surface area contributed by atoms with E-state index in [1.54, 1.807) is 0 Å². The Bertz CT molecular complexity index is 611. The van der Waals surface area contributed by atoms with Crippen molar-refractivity contribution in [2.45, 2.75) is 46.0 Å². The molecule has 4 nitrogen and oxygen atoms in total. The molecule has 2 bridgehead atoms. The van der Waals surface area contributed by atoms with E-state index in [2.05, 4.69) is 5.32 Å². The molecule has 23 heavy (non-hydrogen) atoms. The summed E-state index contributed by atoms with van der Waals surface area (Å²) in [6.45, 7) is 3.72. The van der Waals surface area contributed by atoms with E-state index < -0.39 is 0 Å². The van der Waals surface area contributed by atoms with Gasteiger partial charge in [0.15, 0.2) is 6.61 Å². The van der Waals surface area contributed by atoms with E-state index in [1.807, 2.05) is 32.0 Å². The number of benzene rings is 1. The molecule has 3 atom stereocenters. The maximum absolute atomic E-state index is 12.0. The molecule has 0 aliphatic heterocycles. The summed E-state index contributed by atoms with van der Waals surface area (Å²) >= 11 is 0. The number of esters is 1. The Kier molecular flexibility index (Phi) is 4.69. The van der Waals surface area contributed by atoms with Gasteiger partial charge in [0, 0.05) is 12.1 Å². The Balaban J connectivity index is 1.43. The van der Waals surface area contributed by atoms with Gasteiger partial charge in [0.25, 0.3) is 5.91 Å². The summed E-state index contributed by atoms with van der Waals surface area (Å²) in [5.41, 5.74) is 2.86. The number of amides is 1. The van der Waals surface area contributed by atoms with Crippen molar-refractivity contribution in [1.29, 1.82) is 0 Å². The second-order valence-corrected chi connectivity index (χ2v) is 7.17. The summed E-state index contributed by atoms with van der Waals surface area (Å²) < 4.78 is 5.16. The number of ether oxygens (including phenoxy) is 1. The molecule has 2 fully saturated rings. The van der Waals surface area contributed by atoms with Gasteiger partial charge in [0.1, 0.15) is 0 Å². The zero-order valence-corrected chi connectivity index (χ0v) is 13.9. The van der Waals surface area contributed by atoms with Gasteiger partial charge in [-0.3, -0.25) is 9.59 Å². The molecule has 1 aromatic carbocycles. The van der Waals surface area contributed by atoms with Gasteiger partial charge in [-0.15, -0.1) is 0 Å². The Morgan fingerprint density at radius 1 is 1.22 bits per heavy atom. The third-order valence-electron chi connectivity index (χ3n) is 5.34. The molecule has 2 aliphatic carbocycles. The lowest BCUT2D eigenvalue weighted by Gasteiger charge is -2.20. The van der Waals surface area contributed by atoms with E-state index in [9.17, 15) is 9.59 Å². The van der Waals surface area contributed by atoms with E-state index in [1.165, 1.54) is 19.3 Å². The molecule has 3 rings (SSSR count). The molecule has 0 saturated heterocycles. The highest BCUT2D eigenvalue weighted by Gasteiger charge is 2.40. The van der Waals surface area contributed by atoms with Crippen LogP contribution >= 0.6 is 0 Å². The van der Waals surface area contributed by atoms with Gasteiger partial charge < -0.3 is 10.1 Å². The molecular weight excluding hydrogens is 290 g/mol. The Labute approximate surface area is 137 Å². The molecule has 2 saturated carbocycles. The van der Waals surface area contributed by atoms with Crippen molar-refractivity contribution in [2.75, 3.05) is 11.9 Å². The van der Waals surface area contributed by atoms with Gasteiger partial charge in [-0.25, -0.2) is 0 Å². The largest absolute Gasteiger partial charge is 0.456 e. The molecule has 0 radical (unpaired) electrons. The molecule has 0 heterocycles. The fraction of sp³-hybridized carbons (Fsp3) is 0.579. The Morgan fingerprint density at radius 3 is 2.74 bits per heavy atom. The fourth-order valence-electron chi connectivity index (χ4n) is 4.10. The SMILES string of the molecule is Cc1ccc(C)c(NC(=O)COC(=O)C[C@H]2C[C@@H]3CC[C@@H]2C3)c1. The second-order valence-electron chi connectivity index (χ2n) is 7.17. The number of nitrogens with one attached hydrogen (secondary N) is 1. The average molecular weight is 315 g/mol. The summed E-state index contributed by atoms with van der Waals surface area (Å²) in [5, 5.41) is 2.81. The lowest BCUT2D eigenvalue weighted by molar-refractivity contribution is -0.148.